The van der Waals surface area contributed by atoms with Gasteiger partial charge in [-0.05, 0) is 42.7 Å². The Labute approximate surface area is 210 Å². The van der Waals surface area contributed by atoms with E-state index < -0.39 is 5.97 Å². The fourth-order valence-electron chi connectivity index (χ4n) is 3.40. The van der Waals surface area contributed by atoms with E-state index in [1.54, 1.807) is 6.20 Å². The Hall–Kier alpha value is -2.41. The van der Waals surface area contributed by atoms with E-state index in [9.17, 15) is 14.7 Å². The van der Waals surface area contributed by atoms with Crippen molar-refractivity contribution in [1.29, 1.82) is 0 Å². The Bertz CT molecular complexity index is 1020. The molecule has 1 aromatic heterocycles. The van der Waals surface area contributed by atoms with Gasteiger partial charge in [0.05, 0.1) is 23.5 Å². The molecule has 2 aromatic carbocycles. The Kier molecular flexibility index (Phi) is 10.7. The number of benzene rings is 2. The number of para-hydroxylation sites is 1. The van der Waals surface area contributed by atoms with Gasteiger partial charge in [0.1, 0.15) is 12.4 Å². The summed E-state index contributed by atoms with van der Waals surface area (Å²) in [5.74, 6) is -0.604. The monoisotopic (exact) mass is 444 g/mol. The molecule has 0 saturated carbocycles. The van der Waals surface area contributed by atoms with E-state index in [-0.39, 0.29) is 41.4 Å². The van der Waals surface area contributed by atoms with Gasteiger partial charge >= 0.3 is 35.5 Å². The Morgan fingerprint density at radius 1 is 1.12 bits per heavy atom. The van der Waals surface area contributed by atoms with Crippen molar-refractivity contribution in [3.8, 4) is 5.75 Å². The summed E-state index contributed by atoms with van der Waals surface area (Å²) >= 11 is 0. The molecule has 32 heavy (non-hydrogen) atoms. The van der Waals surface area contributed by atoms with Crippen molar-refractivity contribution in [2.24, 2.45) is 5.92 Å². The third kappa shape index (κ3) is 7.62. The van der Waals surface area contributed by atoms with Gasteiger partial charge in [-0.3, -0.25) is 14.6 Å². The first-order valence-electron chi connectivity index (χ1n) is 10.6. The van der Waals surface area contributed by atoms with Crippen molar-refractivity contribution in [3.63, 3.8) is 0 Å². The van der Waals surface area contributed by atoms with Gasteiger partial charge in [0.15, 0.2) is 0 Å². The average molecular weight is 445 g/mol. The second kappa shape index (κ2) is 13.2. The number of aliphatic carboxylic acids is 1. The average Bonchev–Trinajstić information content (AvgIpc) is 2.79. The molecule has 0 aliphatic carbocycles. The van der Waals surface area contributed by atoms with Crippen LogP contribution in [-0.2, 0) is 11.2 Å². The van der Waals surface area contributed by atoms with Crippen LogP contribution in [0.4, 0.5) is 0 Å². The van der Waals surface area contributed by atoms with Gasteiger partial charge in [-0.2, -0.15) is 0 Å². The molecule has 0 spiro atoms. The number of ether oxygens (including phenoxy) is 1. The molecule has 0 aliphatic rings. The summed E-state index contributed by atoms with van der Waals surface area (Å²) in [6.07, 6.45) is 4.69. The number of pyridine rings is 1. The molecule has 7 heteroatoms. The fraction of sp³-hybridized carbons (Fsp3) is 0.320. The number of fused-ring (bicyclic) bond motifs is 1. The molecule has 0 radical (unpaired) electrons. The number of carbonyl (C=O) groups excluding carboxylic acids is 1. The van der Waals surface area contributed by atoms with Gasteiger partial charge in [0.2, 0.25) is 0 Å². The van der Waals surface area contributed by atoms with E-state index in [1.165, 1.54) is 0 Å². The van der Waals surface area contributed by atoms with Crippen LogP contribution in [-0.4, -0.2) is 64.7 Å². The predicted molar refractivity (Wildman–Crippen MR) is 128 cm³/mol. The minimum atomic E-state index is -0.744. The standard InChI is InChI=1S/C25H28N2O4.Na.H/c1-2-3-6-20(25(29)30)15-18-9-11-22(12-10-18)31-14-13-26-24(28)21-16-19-7-4-5-8-23(19)27-17-21;;/h4-5,7-12,16-17,20H,2-3,6,13-15H2,1H3,(H,26,28)(H,29,30);;. The SMILES string of the molecule is CCCCC(Cc1ccc(OCCNC(=O)c2cnc3ccccc3c2)cc1)C(=O)O.[NaH]. The number of carbonyl (C=O) groups is 2. The van der Waals surface area contributed by atoms with Crippen LogP contribution >= 0.6 is 0 Å². The summed E-state index contributed by atoms with van der Waals surface area (Å²) in [4.78, 5) is 28.0. The molecule has 0 bridgehead atoms. The number of amides is 1. The maximum atomic E-state index is 12.3. The Balaban J connectivity index is 0.00000363. The van der Waals surface area contributed by atoms with Gasteiger partial charge in [-0.15, -0.1) is 0 Å². The molecule has 6 nitrogen and oxygen atoms in total. The zero-order valence-electron chi connectivity index (χ0n) is 17.7. The van der Waals surface area contributed by atoms with E-state index in [4.69, 9.17) is 4.74 Å². The van der Waals surface area contributed by atoms with Crippen molar-refractivity contribution in [3.05, 3.63) is 71.9 Å². The van der Waals surface area contributed by atoms with E-state index >= 15 is 0 Å². The molecule has 1 amide bonds. The first-order chi connectivity index (χ1) is 15.1. The van der Waals surface area contributed by atoms with Crippen LogP contribution in [0.2, 0.25) is 0 Å². The summed E-state index contributed by atoms with van der Waals surface area (Å²) in [7, 11) is 0. The molecule has 1 heterocycles. The third-order valence-electron chi connectivity index (χ3n) is 5.17. The van der Waals surface area contributed by atoms with E-state index in [2.05, 4.69) is 17.2 Å². The zero-order chi connectivity index (χ0) is 22.1. The number of carboxylic acid groups (broad SMARTS) is 1. The summed E-state index contributed by atoms with van der Waals surface area (Å²) in [5, 5.41) is 13.1. The van der Waals surface area contributed by atoms with E-state index in [1.807, 2.05) is 54.6 Å². The molecule has 1 atom stereocenters. The number of unbranched alkanes of at least 4 members (excludes halogenated alkanes) is 1. The van der Waals surface area contributed by atoms with Gasteiger partial charge in [-0.25, -0.2) is 0 Å². The molecule has 3 aromatic rings. The summed E-state index contributed by atoms with van der Waals surface area (Å²) in [5.41, 5.74) is 2.35. The minimum absolute atomic E-state index is 0. The van der Waals surface area contributed by atoms with Crippen molar-refractivity contribution < 1.29 is 19.4 Å². The first kappa shape index (κ1) is 25.8. The summed E-state index contributed by atoms with van der Waals surface area (Å²) in [6, 6.07) is 17.0. The van der Waals surface area contributed by atoms with E-state index in [0.717, 1.165) is 29.3 Å². The summed E-state index contributed by atoms with van der Waals surface area (Å²) < 4.78 is 5.69. The van der Waals surface area contributed by atoms with Crippen molar-refractivity contribution in [1.82, 2.24) is 10.3 Å². The van der Waals surface area contributed by atoms with Crippen molar-refractivity contribution in [2.45, 2.75) is 32.6 Å². The Morgan fingerprint density at radius 2 is 1.88 bits per heavy atom. The van der Waals surface area contributed by atoms with Crippen LogP contribution in [0.3, 0.4) is 0 Å². The molecule has 0 saturated heterocycles. The topological polar surface area (TPSA) is 88.5 Å². The Morgan fingerprint density at radius 3 is 2.59 bits per heavy atom. The normalized spacial score (nSPS) is 11.4. The molecule has 1 unspecified atom stereocenters. The number of aromatic nitrogens is 1. The molecular weight excluding hydrogens is 415 g/mol. The third-order valence-corrected chi connectivity index (χ3v) is 5.17. The number of hydrogen-bond acceptors (Lipinski definition) is 4. The van der Waals surface area contributed by atoms with Crippen LogP contribution < -0.4 is 10.1 Å². The second-order valence-corrected chi connectivity index (χ2v) is 7.55. The van der Waals surface area contributed by atoms with Gasteiger partial charge in [0, 0.05) is 11.6 Å². The molecule has 3 rings (SSSR count). The van der Waals surface area contributed by atoms with Gasteiger partial charge in [-0.1, -0.05) is 50.1 Å². The molecule has 2 N–H and O–H groups in total. The van der Waals surface area contributed by atoms with Crippen molar-refractivity contribution >= 4 is 52.3 Å². The van der Waals surface area contributed by atoms with Crippen LogP contribution in [0, 0.1) is 5.92 Å². The van der Waals surface area contributed by atoms with Gasteiger partial charge in [0.25, 0.3) is 5.91 Å². The zero-order valence-corrected chi connectivity index (χ0v) is 17.7. The van der Waals surface area contributed by atoms with Crippen LogP contribution in [0.1, 0.15) is 42.1 Å². The number of hydrogen-bond donors (Lipinski definition) is 2. The first-order valence-corrected chi connectivity index (χ1v) is 10.6. The summed E-state index contributed by atoms with van der Waals surface area (Å²) in [6.45, 7) is 2.76. The maximum absolute atomic E-state index is 12.3. The molecular formula is C25H29N2NaO4. The molecule has 0 fully saturated rings. The van der Waals surface area contributed by atoms with Crippen LogP contribution in [0.15, 0.2) is 60.8 Å². The molecule has 164 valence electrons. The van der Waals surface area contributed by atoms with Gasteiger partial charge < -0.3 is 15.2 Å². The van der Waals surface area contributed by atoms with Crippen LogP contribution in [0.5, 0.6) is 5.75 Å². The van der Waals surface area contributed by atoms with Crippen molar-refractivity contribution in [2.75, 3.05) is 13.2 Å². The number of rotatable bonds is 11. The molecule has 0 aliphatic heterocycles. The fourth-order valence-corrected chi connectivity index (χ4v) is 3.40. The number of nitrogens with zero attached hydrogens (tertiary/aromatic N) is 1. The second-order valence-electron chi connectivity index (χ2n) is 7.55. The number of carboxylic acids is 1. The predicted octanol–water partition coefficient (Wildman–Crippen LogP) is 3.83. The quantitative estimate of drug-likeness (QED) is 0.347. The van der Waals surface area contributed by atoms with Crippen LogP contribution in [0.25, 0.3) is 10.9 Å². The number of nitrogens with one attached hydrogen (secondary N) is 1. The van der Waals surface area contributed by atoms with E-state index in [0.29, 0.717) is 37.3 Å².